The topological polar surface area (TPSA) is 62.3 Å². The number of rotatable bonds is 5. The average molecular weight is 296 g/mol. The van der Waals surface area contributed by atoms with Gasteiger partial charge in [-0.1, -0.05) is 11.6 Å². The Balaban J connectivity index is 2.18. The van der Waals surface area contributed by atoms with Crippen LogP contribution in [0.5, 0.6) is 11.5 Å². The minimum Gasteiger partial charge on any atom is -0.497 e. The molecule has 108 valence electrons. The first kappa shape index (κ1) is 14.7. The number of nitrogens with two attached hydrogens (primary N) is 1. The fourth-order valence-electron chi connectivity index (χ4n) is 1.97. The molecule has 6 heteroatoms. The zero-order valence-electron chi connectivity index (χ0n) is 11.8. The van der Waals surface area contributed by atoms with E-state index in [-0.39, 0.29) is 0 Å². The highest BCUT2D eigenvalue weighted by Crippen LogP contribution is 2.26. The van der Waals surface area contributed by atoms with Crippen molar-refractivity contribution in [1.29, 1.82) is 0 Å². The Kier molecular flexibility index (Phi) is 4.52. The molecule has 0 aliphatic heterocycles. The van der Waals surface area contributed by atoms with Crippen LogP contribution in [0.1, 0.15) is 16.8 Å². The monoisotopic (exact) mass is 295 g/mol. The molecule has 2 N–H and O–H groups in total. The molecule has 2 aromatic rings. The van der Waals surface area contributed by atoms with Crippen LogP contribution in [0.2, 0.25) is 5.15 Å². The van der Waals surface area contributed by atoms with Crippen LogP contribution in [0.15, 0.2) is 18.2 Å². The lowest BCUT2D eigenvalue weighted by Crippen LogP contribution is -2.04. The number of methoxy groups -OCH3 is 1. The van der Waals surface area contributed by atoms with E-state index < -0.39 is 0 Å². The van der Waals surface area contributed by atoms with Crippen molar-refractivity contribution in [1.82, 2.24) is 9.78 Å². The third-order valence-corrected chi connectivity index (χ3v) is 3.60. The molecular formula is C14H18ClN3O2. The molecular weight excluding hydrogens is 278 g/mol. The van der Waals surface area contributed by atoms with Gasteiger partial charge in [-0.05, 0) is 25.1 Å². The Bertz CT molecular complexity index is 611. The molecule has 1 heterocycles. The predicted molar refractivity (Wildman–Crippen MR) is 78.2 cm³/mol. The maximum absolute atomic E-state index is 6.18. The molecule has 5 nitrogen and oxygen atoms in total. The molecule has 0 bridgehead atoms. The molecule has 0 radical (unpaired) electrons. The fourth-order valence-corrected chi connectivity index (χ4v) is 2.20. The predicted octanol–water partition coefficient (Wildman–Crippen LogP) is 2.43. The molecule has 0 amide bonds. The van der Waals surface area contributed by atoms with Gasteiger partial charge in [0.25, 0.3) is 0 Å². The maximum Gasteiger partial charge on any atom is 0.133 e. The van der Waals surface area contributed by atoms with E-state index in [1.165, 1.54) is 0 Å². The van der Waals surface area contributed by atoms with E-state index in [2.05, 4.69) is 5.10 Å². The third kappa shape index (κ3) is 2.89. The van der Waals surface area contributed by atoms with E-state index in [1.54, 1.807) is 18.8 Å². The number of halogens is 1. The van der Waals surface area contributed by atoms with E-state index >= 15 is 0 Å². The molecule has 0 unspecified atom stereocenters. The van der Waals surface area contributed by atoms with Crippen LogP contribution in [0.4, 0.5) is 0 Å². The minimum atomic E-state index is 0.359. The molecule has 0 saturated carbocycles. The molecule has 20 heavy (non-hydrogen) atoms. The smallest absolute Gasteiger partial charge is 0.133 e. The maximum atomic E-state index is 6.18. The molecule has 0 aliphatic rings. The van der Waals surface area contributed by atoms with E-state index in [0.717, 1.165) is 28.3 Å². The van der Waals surface area contributed by atoms with Crippen molar-refractivity contribution in [2.24, 2.45) is 12.8 Å². The van der Waals surface area contributed by atoms with Crippen molar-refractivity contribution in [2.45, 2.75) is 20.1 Å². The fraction of sp³-hybridized carbons (Fsp3) is 0.357. The summed E-state index contributed by atoms with van der Waals surface area (Å²) in [5.74, 6) is 1.49. The molecule has 2 rings (SSSR count). The van der Waals surface area contributed by atoms with Crippen LogP contribution in [0.3, 0.4) is 0 Å². The Hall–Kier alpha value is -1.72. The summed E-state index contributed by atoms with van der Waals surface area (Å²) in [7, 11) is 3.42. The Morgan fingerprint density at radius 1 is 1.40 bits per heavy atom. The second kappa shape index (κ2) is 6.15. The first-order chi connectivity index (χ1) is 9.56. The Morgan fingerprint density at radius 3 is 2.70 bits per heavy atom. The average Bonchev–Trinajstić information content (AvgIpc) is 2.70. The summed E-state index contributed by atoms with van der Waals surface area (Å²) in [6.45, 7) is 2.65. The number of benzene rings is 1. The standard InChI is InChI=1S/C14H18ClN3O2/c1-9-12(14(15)18(2)17-9)8-20-13-5-4-11(19-3)6-10(13)7-16/h4-6H,7-8,16H2,1-3H3. The quantitative estimate of drug-likeness (QED) is 0.920. The summed E-state index contributed by atoms with van der Waals surface area (Å²) in [6, 6.07) is 5.56. The number of aryl methyl sites for hydroxylation is 2. The van der Waals surface area contributed by atoms with E-state index in [9.17, 15) is 0 Å². The lowest BCUT2D eigenvalue weighted by atomic mass is 10.2. The van der Waals surface area contributed by atoms with Crippen molar-refractivity contribution in [3.05, 3.63) is 40.2 Å². The van der Waals surface area contributed by atoms with Crippen molar-refractivity contribution in [2.75, 3.05) is 7.11 Å². The lowest BCUT2D eigenvalue weighted by Gasteiger charge is -2.11. The Morgan fingerprint density at radius 2 is 2.15 bits per heavy atom. The van der Waals surface area contributed by atoms with E-state index in [4.69, 9.17) is 26.8 Å². The van der Waals surface area contributed by atoms with Gasteiger partial charge in [0.05, 0.1) is 12.8 Å². The van der Waals surface area contributed by atoms with Crippen molar-refractivity contribution < 1.29 is 9.47 Å². The van der Waals surface area contributed by atoms with Gasteiger partial charge in [-0.25, -0.2) is 0 Å². The highest BCUT2D eigenvalue weighted by molar-refractivity contribution is 6.30. The molecule has 0 atom stereocenters. The highest BCUT2D eigenvalue weighted by atomic mass is 35.5. The highest BCUT2D eigenvalue weighted by Gasteiger charge is 2.13. The number of ether oxygens (including phenoxy) is 2. The van der Waals surface area contributed by atoms with Crippen LogP contribution in [0.25, 0.3) is 0 Å². The molecule has 0 fully saturated rings. The minimum absolute atomic E-state index is 0.359. The SMILES string of the molecule is COc1ccc(OCc2c(C)nn(C)c2Cl)c(CN)c1. The van der Waals surface area contributed by atoms with Gasteiger partial charge in [0.15, 0.2) is 0 Å². The first-order valence-corrected chi connectivity index (χ1v) is 6.62. The van der Waals surface area contributed by atoms with Gasteiger partial charge in [-0.15, -0.1) is 0 Å². The molecule has 0 spiro atoms. The summed E-state index contributed by atoms with van der Waals surface area (Å²) < 4.78 is 12.6. The molecule has 0 aliphatic carbocycles. The van der Waals surface area contributed by atoms with Crippen LogP contribution >= 0.6 is 11.6 Å². The second-order valence-electron chi connectivity index (χ2n) is 4.44. The molecule has 0 saturated heterocycles. The summed E-state index contributed by atoms with van der Waals surface area (Å²) >= 11 is 6.18. The van der Waals surface area contributed by atoms with Crippen LogP contribution < -0.4 is 15.2 Å². The summed E-state index contributed by atoms with van der Waals surface area (Å²) in [6.07, 6.45) is 0. The van der Waals surface area contributed by atoms with Crippen LogP contribution in [-0.2, 0) is 20.2 Å². The van der Waals surface area contributed by atoms with Crippen LogP contribution in [0, 0.1) is 6.92 Å². The number of hydrogen-bond donors (Lipinski definition) is 1. The van der Waals surface area contributed by atoms with Crippen molar-refractivity contribution in [3.63, 3.8) is 0 Å². The lowest BCUT2D eigenvalue weighted by molar-refractivity contribution is 0.301. The van der Waals surface area contributed by atoms with Gasteiger partial charge in [0.2, 0.25) is 0 Å². The van der Waals surface area contributed by atoms with Gasteiger partial charge < -0.3 is 15.2 Å². The normalized spacial score (nSPS) is 10.7. The number of aromatic nitrogens is 2. The second-order valence-corrected chi connectivity index (χ2v) is 4.80. The van der Waals surface area contributed by atoms with E-state index in [1.807, 2.05) is 25.1 Å². The van der Waals surface area contributed by atoms with Crippen LogP contribution in [-0.4, -0.2) is 16.9 Å². The third-order valence-electron chi connectivity index (χ3n) is 3.13. The summed E-state index contributed by atoms with van der Waals surface area (Å²) in [4.78, 5) is 0. The van der Waals surface area contributed by atoms with Gasteiger partial charge in [0.1, 0.15) is 23.3 Å². The zero-order chi connectivity index (χ0) is 14.7. The van der Waals surface area contributed by atoms with Crippen molar-refractivity contribution in [3.8, 4) is 11.5 Å². The van der Waals surface area contributed by atoms with Gasteiger partial charge in [-0.2, -0.15) is 5.10 Å². The first-order valence-electron chi connectivity index (χ1n) is 6.24. The summed E-state index contributed by atoms with van der Waals surface area (Å²) in [5.41, 5.74) is 8.36. The number of hydrogen-bond acceptors (Lipinski definition) is 4. The largest absolute Gasteiger partial charge is 0.497 e. The number of nitrogens with zero attached hydrogens (tertiary/aromatic N) is 2. The van der Waals surface area contributed by atoms with Gasteiger partial charge >= 0.3 is 0 Å². The van der Waals surface area contributed by atoms with Gasteiger partial charge in [-0.3, -0.25) is 4.68 Å². The molecule has 1 aromatic carbocycles. The van der Waals surface area contributed by atoms with Gasteiger partial charge in [0, 0.05) is 24.7 Å². The Labute approximate surface area is 123 Å². The zero-order valence-corrected chi connectivity index (χ0v) is 12.6. The summed E-state index contributed by atoms with van der Waals surface area (Å²) in [5, 5.41) is 4.84. The van der Waals surface area contributed by atoms with E-state index in [0.29, 0.717) is 18.3 Å². The van der Waals surface area contributed by atoms with Crippen molar-refractivity contribution >= 4 is 11.6 Å². The molecule has 1 aromatic heterocycles.